The van der Waals surface area contributed by atoms with Crippen molar-refractivity contribution in [3.05, 3.63) is 0 Å². The van der Waals surface area contributed by atoms with Gasteiger partial charge in [-0.05, 0) is 26.2 Å². The molecule has 0 radical (unpaired) electrons. The van der Waals surface area contributed by atoms with Gasteiger partial charge >= 0.3 is 5.97 Å². The minimum absolute atomic E-state index is 0.332. The SMILES string of the molecule is CCC(C)(OC)C(=O)NC1(C(=O)O)CCCCCC1. The van der Waals surface area contributed by atoms with E-state index in [1.165, 1.54) is 7.11 Å². The summed E-state index contributed by atoms with van der Waals surface area (Å²) in [6.45, 7) is 3.54. The van der Waals surface area contributed by atoms with E-state index in [0.29, 0.717) is 19.3 Å². The van der Waals surface area contributed by atoms with Gasteiger partial charge in [0.15, 0.2) is 0 Å². The first kappa shape index (κ1) is 16.0. The molecule has 0 spiro atoms. The molecule has 1 rings (SSSR count). The third-order valence-electron chi connectivity index (χ3n) is 4.32. The van der Waals surface area contributed by atoms with E-state index in [-0.39, 0.29) is 5.91 Å². The molecule has 2 N–H and O–H groups in total. The van der Waals surface area contributed by atoms with Gasteiger partial charge in [-0.2, -0.15) is 0 Å². The van der Waals surface area contributed by atoms with Crippen LogP contribution in [0.4, 0.5) is 0 Å². The molecule has 0 aliphatic heterocycles. The van der Waals surface area contributed by atoms with E-state index in [0.717, 1.165) is 25.7 Å². The Kier molecular flexibility index (Phi) is 5.35. The molecule has 5 nitrogen and oxygen atoms in total. The summed E-state index contributed by atoms with van der Waals surface area (Å²) in [5.41, 5.74) is -2.09. The summed E-state index contributed by atoms with van der Waals surface area (Å²) in [5, 5.41) is 12.3. The van der Waals surface area contributed by atoms with Crippen molar-refractivity contribution in [1.29, 1.82) is 0 Å². The predicted octanol–water partition coefficient (Wildman–Crippen LogP) is 2.10. The zero-order valence-electron chi connectivity index (χ0n) is 12.1. The summed E-state index contributed by atoms with van der Waals surface area (Å²) < 4.78 is 5.24. The second-order valence-electron chi connectivity index (χ2n) is 5.54. The first-order valence-electron chi connectivity index (χ1n) is 7.01. The molecule has 110 valence electrons. The fourth-order valence-electron chi connectivity index (χ4n) is 2.47. The normalized spacial score (nSPS) is 22.1. The molecule has 1 fully saturated rings. The zero-order chi connectivity index (χ0) is 14.5. The molecular formula is C14H25NO4. The van der Waals surface area contributed by atoms with Gasteiger partial charge in [-0.15, -0.1) is 0 Å². The number of hydrogen-bond acceptors (Lipinski definition) is 3. The molecule has 1 aliphatic rings. The summed E-state index contributed by atoms with van der Waals surface area (Å²) in [7, 11) is 1.48. The lowest BCUT2D eigenvalue weighted by atomic mass is 9.88. The van der Waals surface area contributed by atoms with Crippen molar-refractivity contribution in [1.82, 2.24) is 5.32 Å². The van der Waals surface area contributed by atoms with Gasteiger partial charge in [-0.25, -0.2) is 4.79 Å². The predicted molar refractivity (Wildman–Crippen MR) is 71.9 cm³/mol. The molecule has 0 aromatic carbocycles. The lowest BCUT2D eigenvalue weighted by Crippen LogP contribution is -2.59. The Morgan fingerprint density at radius 1 is 1.26 bits per heavy atom. The fourth-order valence-corrected chi connectivity index (χ4v) is 2.47. The third-order valence-corrected chi connectivity index (χ3v) is 4.32. The van der Waals surface area contributed by atoms with Crippen molar-refractivity contribution >= 4 is 11.9 Å². The van der Waals surface area contributed by atoms with Crippen molar-refractivity contribution in [3.8, 4) is 0 Å². The Morgan fingerprint density at radius 2 is 1.79 bits per heavy atom. The second kappa shape index (κ2) is 6.37. The Morgan fingerprint density at radius 3 is 2.16 bits per heavy atom. The number of hydrogen-bond donors (Lipinski definition) is 2. The minimum Gasteiger partial charge on any atom is -0.480 e. The van der Waals surface area contributed by atoms with Crippen molar-refractivity contribution in [2.24, 2.45) is 0 Å². The topological polar surface area (TPSA) is 75.6 Å². The second-order valence-corrected chi connectivity index (χ2v) is 5.54. The number of ether oxygens (including phenoxy) is 1. The smallest absolute Gasteiger partial charge is 0.329 e. The van der Waals surface area contributed by atoms with Crippen LogP contribution in [0.15, 0.2) is 0 Å². The molecule has 0 heterocycles. The molecule has 5 heteroatoms. The quantitative estimate of drug-likeness (QED) is 0.751. The molecular weight excluding hydrogens is 246 g/mol. The van der Waals surface area contributed by atoms with E-state index in [4.69, 9.17) is 4.74 Å². The van der Waals surface area contributed by atoms with Crippen LogP contribution < -0.4 is 5.32 Å². The maximum absolute atomic E-state index is 12.3. The molecule has 1 atom stereocenters. The van der Waals surface area contributed by atoms with Gasteiger partial charge in [0.1, 0.15) is 11.1 Å². The molecule has 0 saturated heterocycles. The monoisotopic (exact) mass is 271 g/mol. The minimum atomic E-state index is -1.12. The van der Waals surface area contributed by atoms with Crippen LogP contribution in [0.2, 0.25) is 0 Å². The van der Waals surface area contributed by atoms with Crippen LogP contribution in [-0.2, 0) is 14.3 Å². The van der Waals surface area contributed by atoms with Gasteiger partial charge in [0, 0.05) is 7.11 Å². The van der Waals surface area contributed by atoms with E-state index < -0.39 is 17.1 Å². The van der Waals surface area contributed by atoms with Gasteiger partial charge in [-0.3, -0.25) is 4.79 Å². The van der Waals surface area contributed by atoms with Crippen molar-refractivity contribution < 1.29 is 19.4 Å². The Hall–Kier alpha value is -1.10. The number of amides is 1. The first-order valence-corrected chi connectivity index (χ1v) is 7.01. The third kappa shape index (κ3) is 3.47. The number of carbonyl (C=O) groups excluding carboxylic acids is 1. The highest BCUT2D eigenvalue weighted by Gasteiger charge is 2.43. The van der Waals surface area contributed by atoms with Gasteiger partial charge in [0.2, 0.25) is 0 Å². The van der Waals surface area contributed by atoms with E-state index >= 15 is 0 Å². The Balaban J connectivity index is 2.89. The number of nitrogens with one attached hydrogen (secondary N) is 1. The van der Waals surface area contributed by atoms with Crippen LogP contribution in [0.1, 0.15) is 58.8 Å². The maximum Gasteiger partial charge on any atom is 0.329 e. The summed E-state index contributed by atoms with van der Waals surface area (Å²) in [6, 6.07) is 0. The average molecular weight is 271 g/mol. The molecule has 0 bridgehead atoms. The lowest BCUT2D eigenvalue weighted by molar-refractivity contribution is -0.154. The van der Waals surface area contributed by atoms with E-state index in [1.54, 1.807) is 6.92 Å². The molecule has 1 unspecified atom stereocenters. The van der Waals surface area contributed by atoms with Crippen molar-refractivity contribution in [2.45, 2.75) is 69.9 Å². The van der Waals surface area contributed by atoms with Crippen LogP contribution in [0.25, 0.3) is 0 Å². The van der Waals surface area contributed by atoms with E-state index in [9.17, 15) is 14.7 Å². The number of carbonyl (C=O) groups is 2. The number of methoxy groups -OCH3 is 1. The Labute approximate surface area is 114 Å². The van der Waals surface area contributed by atoms with Gasteiger partial charge in [0.25, 0.3) is 5.91 Å². The molecule has 1 aliphatic carbocycles. The molecule has 0 aromatic rings. The summed E-state index contributed by atoms with van der Waals surface area (Å²) in [5.74, 6) is -1.26. The van der Waals surface area contributed by atoms with Crippen molar-refractivity contribution in [2.75, 3.05) is 7.11 Å². The summed E-state index contributed by atoms with van der Waals surface area (Å²) >= 11 is 0. The number of carboxylic acid groups (broad SMARTS) is 1. The lowest BCUT2D eigenvalue weighted by Gasteiger charge is -2.34. The molecule has 1 saturated carbocycles. The average Bonchev–Trinajstić information content (AvgIpc) is 2.64. The largest absolute Gasteiger partial charge is 0.480 e. The zero-order valence-corrected chi connectivity index (χ0v) is 12.1. The fraction of sp³-hybridized carbons (Fsp3) is 0.857. The van der Waals surface area contributed by atoms with Crippen LogP contribution >= 0.6 is 0 Å². The summed E-state index contributed by atoms with van der Waals surface area (Å²) in [6.07, 6.45) is 5.23. The number of carboxylic acids is 1. The highest BCUT2D eigenvalue weighted by molar-refractivity contribution is 5.91. The molecule has 0 aromatic heterocycles. The van der Waals surface area contributed by atoms with Crippen LogP contribution in [0.3, 0.4) is 0 Å². The van der Waals surface area contributed by atoms with E-state index in [1.807, 2.05) is 6.92 Å². The van der Waals surface area contributed by atoms with Crippen molar-refractivity contribution in [3.63, 3.8) is 0 Å². The van der Waals surface area contributed by atoms with Gasteiger partial charge < -0.3 is 15.2 Å². The molecule has 19 heavy (non-hydrogen) atoms. The number of rotatable bonds is 5. The highest BCUT2D eigenvalue weighted by Crippen LogP contribution is 2.29. The van der Waals surface area contributed by atoms with Crippen LogP contribution in [0.5, 0.6) is 0 Å². The molecule has 1 amide bonds. The van der Waals surface area contributed by atoms with Crippen LogP contribution in [-0.4, -0.2) is 35.2 Å². The van der Waals surface area contributed by atoms with Gasteiger partial charge in [0.05, 0.1) is 0 Å². The highest BCUT2D eigenvalue weighted by atomic mass is 16.5. The first-order chi connectivity index (χ1) is 8.90. The maximum atomic E-state index is 12.3. The van der Waals surface area contributed by atoms with Crippen LogP contribution in [0, 0.1) is 0 Å². The van der Waals surface area contributed by atoms with E-state index in [2.05, 4.69) is 5.32 Å². The standard InChI is InChI=1S/C14H25NO4/c1-4-13(2,19-3)11(16)15-14(12(17)18)9-7-5-6-8-10-14/h4-10H2,1-3H3,(H,15,16)(H,17,18). The van der Waals surface area contributed by atoms with Gasteiger partial charge in [-0.1, -0.05) is 32.6 Å². The summed E-state index contributed by atoms with van der Waals surface area (Å²) in [4.78, 5) is 23.9. The number of aliphatic carboxylic acids is 1. The Bertz CT molecular complexity index is 328.